The molecular weight excluding hydrogens is 399 g/mol. The van der Waals surface area contributed by atoms with Crippen molar-refractivity contribution in [1.29, 1.82) is 0 Å². The van der Waals surface area contributed by atoms with Gasteiger partial charge in [-0.3, -0.25) is 9.78 Å². The smallest absolute Gasteiger partial charge is 0.253 e. The third-order valence-electron chi connectivity index (χ3n) is 4.00. The molecule has 7 heteroatoms. The molecule has 0 saturated carbocycles. The van der Waals surface area contributed by atoms with Crippen molar-refractivity contribution in [3.05, 3.63) is 87.7 Å². The molecule has 0 aliphatic carbocycles. The highest BCUT2D eigenvalue weighted by Gasteiger charge is 2.12. The summed E-state index contributed by atoms with van der Waals surface area (Å²) in [5, 5.41) is 3.62. The Kier molecular flexibility index (Phi) is 6.74. The van der Waals surface area contributed by atoms with Crippen LogP contribution in [0.4, 0.5) is 0 Å². The van der Waals surface area contributed by atoms with Gasteiger partial charge in [-0.1, -0.05) is 29.3 Å². The van der Waals surface area contributed by atoms with Gasteiger partial charge < -0.3 is 14.8 Å². The van der Waals surface area contributed by atoms with Crippen molar-refractivity contribution >= 4 is 29.1 Å². The van der Waals surface area contributed by atoms with Gasteiger partial charge in [0.25, 0.3) is 5.91 Å². The Labute approximate surface area is 173 Å². The Balaban J connectivity index is 1.64. The maximum Gasteiger partial charge on any atom is 0.253 e. The summed E-state index contributed by atoms with van der Waals surface area (Å²) in [5.41, 5.74) is 2.20. The van der Waals surface area contributed by atoms with Crippen LogP contribution in [0, 0.1) is 0 Å². The number of hydrogen-bond acceptors (Lipinski definition) is 4. The minimum atomic E-state index is -0.301. The summed E-state index contributed by atoms with van der Waals surface area (Å²) in [6, 6.07) is 14.0. The van der Waals surface area contributed by atoms with Gasteiger partial charge in [0.05, 0.1) is 17.7 Å². The molecule has 0 atom stereocenters. The van der Waals surface area contributed by atoms with Gasteiger partial charge >= 0.3 is 0 Å². The van der Waals surface area contributed by atoms with E-state index in [1.54, 1.807) is 31.6 Å². The van der Waals surface area contributed by atoms with Crippen molar-refractivity contribution in [3.8, 4) is 11.5 Å². The lowest BCUT2D eigenvalue weighted by atomic mass is 10.1. The number of amides is 1. The SMILES string of the molecule is COc1cc(CNC(=O)c2cc(Cl)ccc2Cl)ccc1OCc1ccncc1. The fourth-order valence-electron chi connectivity index (χ4n) is 2.53. The molecule has 0 unspecified atom stereocenters. The maximum absolute atomic E-state index is 12.4. The average molecular weight is 417 g/mol. The lowest BCUT2D eigenvalue weighted by molar-refractivity contribution is 0.0951. The number of hydrogen-bond donors (Lipinski definition) is 1. The summed E-state index contributed by atoms with van der Waals surface area (Å²) in [5.74, 6) is 0.901. The second-order valence-corrected chi connectivity index (χ2v) is 6.78. The van der Waals surface area contributed by atoms with E-state index in [0.29, 0.717) is 40.3 Å². The zero-order valence-corrected chi connectivity index (χ0v) is 16.6. The van der Waals surface area contributed by atoms with Crippen LogP contribution in [0.15, 0.2) is 60.9 Å². The summed E-state index contributed by atoms with van der Waals surface area (Å²) in [6.45, 7) is 0.713. The first kappa shape index (κ1) is 20.0. The van der Waals surface area contributed by atoms with Crippen LogP contribution in [0.2, 0.25) is 10.0 Å². The Bertz CT molecular complexity index is 965. The topological polar surface area (TPSA) is 60.5 Å². The third kappa shape index (κ3) is 5.15. The Morgan fingerprint density at radius 1 is 1.00 bits per heavy atom. The highest BCUT2D eigenvalue weighted by Crippen LogP contribution is 2.29. The summed E-state index contributed by atoms with van der Waals surface area (Å²) in [7, 11) is 1.57. The number of ether oxygens (including phenoxy) is 2. The quantitative estimate of drug-likeness (QED) is 0.594. The van der Waals surface area contributed by atoms with Gasteiger partial charge in [-0.15, -0.1) is 0 Å². The maximum atomic E-state index is 12.4. The summed E-state index contributed by atoms with van der Waals surface area (Å²) < 4.78 is 11.2. The van der Waals surface area contributed by atoms with E-state index in [2.05, 4.69) is 10.3 Å². The van der Waals surface area contributed by atoms with Gasteiger partial charge in [-0.05, 0) is 53.6 Å². The van der Waals surface area contributed by atoms with Crippen LogP contribution in [-0.2, 0) is 13.2 Å². The predicted molar refractivity (Wildman–Crippen MR) is 109 cm³/mol. The van der Waals surface area contributed by atoms with Gasteiger partial charge in [0.1, 0.15) is 6.61 Å². The van der Waals surface area contributed by atoms with Crippen molar-refractivity contribution in [2.45, 2.75) is 13.2 Å². The number of pyridine rings is 1. The molecule has 144 valence electrons. The molecule has 0 aliphatic rings. The first-order valence-electron chi connectivity index (χ1n) is 8.48. The Hall–Kier alpha value is -2.76. The summed E-state index contributed by atoms with van der Waals surface area (Å²) in [4.78, 5) is 16.3. The van der Waals surface area contributed by atoms with E-state index >= 15 is 0 Å². The van der Waals surface area contributed by atoms with Crippen LogP contribution in [0.1, 0.15) is 21.5 Å². The second kappa shape index (κ2) is 9.44. The summed E-state index contributed by atoms with van der Waals surface area (Å²) in [6.07, 6.45) is 3.43. The number of aromatic nitrogens is 1. The number of rotatable bonds is 7. The van der Waals surface area contributed by atoms with E-state index in [9.17, 15) is 4.79 Å². The van der Waals surface area contributed by atoms with Gasteiger partial charge in [-0.25, -0.2) is 0 Å². The van der Waals surface area contributed by atoms with Crippen LogP contribution in [0.25, 0.3) is 0 Å². The van der Waals surface area contributed by atoms with Gasteiger partial charge in [0.2, 0.25) is 0 Å². The van der Waals surface area contributed by atoms with E-state index < -0.39 is 0 Å². The van der Waals surface area contributed by atoms with Crippen molar-refractivity contribution < 1.29 is 14.3 Å². The molecule has 0 bridgehead atoms. The molecule has 2 aromatic carbocycles. The molecule has 28 heavy (non-hydrogen) atoms. The first-order chi connectivity index (χ1) is 13.6. The lowest BCUT2D eigenvalue weighted by Gasteiger charge is -2.13. The van der Waals surface area contributed by atoms with Crippen LogP contribution in [0.5, 0.6) is 11.5 Å². The van der Waals surface area contributed by atoms with E-state index in [-0.39, 0.29) is 5.91 Å². The molecule has 5 nitrogen and oxygen atoms in total. The van der Waals surface area contributed by atoms with Gasteiger partial charge in [0, 0.05) is 24.0 Å². The number of nitrogens with one attached hydrogen (secondary N) is 1. The Morgan fingerprint density at radius 3 is 2.54 bits per heavy atom. The molecule has 0 aliphatic heterocycles. The fourth-order valence-corrected chi connectivity index (χ4v) is 2.91. The number of halogens is 2. The van der Waals surface area contributed by atoms with Crippen LogP contribution < -0.4 is 14.8 Å². The van der Waals surface area contributed by atoms with Crippen molar-refractivity contribution in [3.63, 3.8) is 0 Å². The summed E-state index contributed by atoms with van der Waals surface area (Å²) >= 11 is 12.0. The molecule has 1 N–H and O–H groups in total. The highest BCUT2D eigenvalue weighted by molar-refractivity contribution is 6.35. The van der Waals surface area contributed by atoms with Crippen molar-refractivity contribution in [2.75, 3.05) is 7.11 Å². The molecule has 0 saturated heterocycles. The van der Waals surface area contributed by atoms with Gasteiger partial charge in [-0.2, -0.15) is 0 Å². The van der Waals surface area contributed by atoms with Crippen molar-refractivity contribution in [2.24, 2.45) is 0 Å². The first-order valence-corrected chi connectivity index (χ1v) is 9.24. The lowest BCUT2D eigenvalue weighted by Crippen LogP contribution is -2.23. The van der Waals surface area contributed by atoms with E-state index in [1.165, 1.54) is 6.07 Å². The molecule has 3 aromatic rings. The molecular formula is C21H18Cl2N2O3. The minimum Gasteiger partial charge on any atom is -0.493 e. The number of carbonyl (C=O) groups excluding carboxylic acids is 1. The minimum absolute atomic E-state index is 0.301. The predicted octanol–water partition coefficient (Wildman–Crippen LogP) is 4.91. The number of benzene rings is 2. The van der Waals surface area contributed by atoms with E-state index in [4.69, 9.17) is 32.7 Å². The van der Waals surface area contributed by atoms with Crippen LogP contribution in [0.3, 0.4) is 0 Å². The van der Waals surface area contributed by atoms with Crippen LogP contribution in [-0.4, -0.2) is 18.0 Å². The van der Waals surface area contributed by atoms with Crippen LogP contribution >= 0.6 is 23.2 Å². The van der Waals surface area contributed by atoms with Gasteiger partial charge in [0.15, 0.2) is 11.5 Å². The Morgan fingerprint density at radius 2 is 1.79 bits per heavy atom. The molecule has 3 rings (SSSR count). The monoisotopic (exact) mass is 416 g/mol. The number of nitrogens with zero attached hydrogens (tertiary/aromatic N) is 1. The molecule has 0 fully saturated rings. The third-order valence-corrected chi connectivity index (χ3v) is 4.56. The number of carbonyl (C=O) groups is 1. The number of methoxy groups -OCH3 is 1. The molecule has 1 aromatic heterocycles. The van der Waals surface area contributed by atoms with Crippen molar-refractivity contribution in [1.82, 2.24) is 10.3 Å². The standard InChI is InChI=1S/C21H18Cl2N2O3/c1-27-20-10-15(2-5-19(20)28-13-14-6-8-24-9-7-14)12-25-21(26)17-11-16(22)3-4-18(17)23/h2-11H,12-13H2,1H3,(H,25,26). The average Bonchev–Trinajstić information content (AvgIpc) is 2.73. The highest BCUT2D eigenvalue weighted by atomic mass is 35.5. The zero-order chi connectivity index (χ0) is 19.9. The molecule has 0 spiro atoms. The molecule has 1 heterocycles. The fraction of sp³-hybridized carbons (Fsp3) is 0.143. The molecule has 1 amide bonds. The normalized spacial score (nSPS) is 10.4. The molecule has 0 radical (unpaired) electrons. The zero-order valence-electron chi connectivity index (χ0n) is 15.1. The largest absolute Gasteiger partial charge is 0.493 e. The second-order valence-electron chi connectivity index (χ2n) is 5.94. The van der Waals surface area contributed by atoms with E-state index in [0.717, 1.165) is 11.1 Å². The van der Waals surface area contributed by atoms with E-state index in [1.807, 2.05) is 30.3 Å².